The van der Waals surface area contributed by atoms with Gasteiger partial charge in [0.1, 0.15) is 0 Å². The zero-order valence-electron chi connectivity index (χ0n) is 16.4. The molecule has 0 unspecified atom stereocenters. The molecule has 4 N–H and O–H groups in total. The van der Waals surface area contributed by atoms with Crippen LogP contribution in [0.1, 0.15) is 6.42 Å². The molecule has 1 aliphatic rings. The van der Waals surface area contributed by atoms with E-state index in [9.17, 15) is 40.7 Å². The van der Waals surface area contributed by atoms with E-state index in [-0.39, 0.29) is 11.9 Å². The van der Waals surface area contributed by atoms with Gasteiger partial charge in [-0.3, -0.25) is 14.4 Å². The van der Waals surface area contributed by atoms with Crippen molar-refractivity contribution in [1.82, 2.24) is 25.5 Å². The van der Waals surface area contributed by atoms with Crippen LogP contribution in [-0.4, -0.2) is 78.6 Å². The van der Waals surface area contributed by atoms with Crippen LogP contribution in [0.2, 0.25) is 0 Å². The van der Waals surface area contributed by atoms with Crippen LogP contribution in [0.15, 0.2) is 12.4 Å². The normalized spacial score (nSPS) is 16.7. The van der Waals surface area contributed by atoms with E-state index in [1.807, 2.05) is 17.8 Å². The number of imidazole rings is 1. The zero-order valence-corrected chi connectivity index (χ0v) is 16.4. The fourth-order valence-corrected chi connectivity index (χ4v) is 2.40. The molecule has 0 aromatic carbocycles. The monoisotopic (exact) mass is 460 g/mol. The molecule has 0 aliphatic carbocycles. The average Bonchev–Trinajstić information content (AvgIpc) is 3.17. The van der Waals surface area contributed by atoms with Crippen molar-refractivity contribution in [3.05, 3.63) is 12.4 Å². The number of hydrogen-bond acceptors (Lipinski definition) is 7. The number of ketones is 2. The van der Waals surface area contributed by atoms with E-state index in [1.165, 1.54) is 0 Å². The third-order valence-electron chi connectivity index (χ3n) is 3.89. The Kier molecular flexibility index (Phi) is 9.90. The van der Waals surface area contributed by atoms with Crippen LogP contribution in [0, 0.1) is 0 Å². The summed E-state index contributed by atoms with van der Waals surface area (Å²) in [5.41, 5.74) is 0. The molecule has 176 valence electrons. The van der Waals surface area contributed by atoms with Crippen LogP contribution in [0.5, 0.6) is 0 Å². The fraction of sp³-hybridized carbons (Fsp3) is 0.625. The van der Waals surface area contributed by atoms with Crippen molar-refractivity contribution >= 4 is 23.4 Å². The highest BCUT2D eigenvalue weighted by atomic mass is 19.4. The number of alkyl halides is 6. The van der Waals surface area contributed by atoms with Gasteiger partial charge < -0.3 is 25.8 Å². The smallest absolute Gasteiger partial charge is 0.359 e. The lowest BCUT2D eigenvalue weighted by Crippen LogP contribution is -2.55. The van der Waals surface area contributed by atoms with Crippen molar-refractivity contribution in [2.45, 2.75) is 31.4 Å². The molecule has 1 fully saturated rings. The highest BCUT2D eigenvalue weighted by Crippen LogP contribution is 2.24. The van der Waals surface area contributed by atoms with E-state index in [1.54, 1.807) is 6.20 Å². The summed E-state index contributed by atoms with van der Waals surface area (Å²) in [7, 11) is 1.85. The number of aromatic nitrogens is 2. The van der Waals surface area contributed by atoms with E-state index in [0.29, 0.717) is 13.1 Å². The van der Waals surface area contributed by atoms with E-state index in [0.717, 1.165) is 32.0 Å². The quantitative estimate of drug-likeness (QED) is 0.262. The van der Waals surface area contributed by atoms with Crippen molar-refractivity contribution < 1.29 is 40.7 Å². The Morgan fingerprint density at radius 2 is 1.74 bits per heavy atom. The lowest BCUT2D eigenvalue weighted by atomic mass is 10.2. The molecule has 15 heteroatoms. The molecule has 0 radical (unpaired) electrons. The van der Waals surface area contributed by atoms with Gasteiger partial charge in [0.15, 0.2) is 0 Å². The summed E-state index contributed by atoms with van der Waals surface area (Å²) in [5, 5.41) is 12.4. The minimum Gasteiger partial charge on any atom is -0.359 e. The van der Waals surface area contributed by atoms with Gasteiger partial charge in [-0.05, 0) is 6.42 Å². The molecule has 31 heavy (non-hydrogen) atoms. The van der Waals surface area contributed by atoms with E-state index >= 15 is 0 Å². The molecule has 1 amide bonds. The summed E-state index contributed by atoms with van der Waals surface area (Å²) in [6.07, 6.45) is -6.96. The highest BCUT2D eigenvalue weighted by molar-refractivity contribution is 6.41. The average molecular weight is 460 g/mol. The summed E-state index contributed by atoms with van der Waals surface area (Å²) in [6, 6.07) is -0.102. The van der Waals surface area contributed by atoms with Gasteiger partial charge in [0.25, 0.3) is 0 Å². The summed E-state index contributed by atoms with van der Waals surface area (Å²) < 4.78 is 69.0. The van der Waals surface area contributed by atoms with Crippen LogP contribution in [0.3, 0.4) is 0 Å². The van der Waals surface area contributed by atoms with Crippen LogP contribution in [0.25, 0.3) is 0 Å². The molecule has 0 spiro atoms. The fourth-order valence-electron chi connectivity index (χ4n) is 2.40. The Morgan fingerprint density at radius 3 is 2.23 bits per heavy atom. The second-order valence-electron chi connectivity index (χ2n) is 6.20. The number of rotatable bonds is 7. The van der Waals surface area contributed by atoms with Gasteiger partial charge in [0.05, 0.1) is 6.04 Å². The predicted octanol–water partition coefficient (Wildman–Crippen LogP) is 0.242. The van der Waals surface area contributed by atoms with Crippen LogP contribution < -0.4 is 21.3 Å². The van der Waals surface area contributed by atoms with E-state index in [4.69, 9.17) is 0 Å². The van der Waals surface area contributed by atoms with Crippen LogP contribution in [0.4, 0.5) is 32.3 Å². The van der Waals surface area contributed by atoms with Gasteiger partial charge in [-0.15, -0.1) is 0 Å². The predicted molar refractivity (Wildman–Crippen MR) is 96.2 cm³/mol. The van der Waals surface area contributed by atoms with Gasteiger partial charge in [0, 0.05) is 52.2 Å². The summed E-state index contributed by atoms with van der Waals surface area (Å²) >= 11 is 0. The molecule has 9 nitrogen and oxygen atoms in total. The van der Waals surface area contributed by atoms with Crippen molar-refractivity contribution in [2.24, 2.45) is 0 Å². The SMILES string of the molecule is CNc1nccn1CCCNC(=O)[C@H]1CNCCN1.O=C(C(=O)C(F)(F)F)C(F)(F)F. The molecule has 1 aromatic rings. The maximum atomic E-state index is 11.8. The number of piperazine rings is 1. The summed E-state index contributed by atoms with van der Waals surface area (Å²) in [4.78, 5) is 35.2. The Labute approximate surface area is 172 Å². The summed E-state index contributed by atoms with van der Waals surface area (Å²) in [6.45, 7) is 4.00. The minimum atomic E-state index is -5.77. The van der Waals surface area contributed by atoms with E-state index < -0.39 is 23.9 Å². The number of nitrogens with one attached hydrogen (secondary N) is 4. The maximum absolute atomic E-state index is 11.8. The minimum absolute atomic E-state index is 0.0756. The van der Waals surface area contributed by atoms with Gasteiger partial charge in [-0.25, -0.2) is 4.98 Å². The van der Waals surface area contributed by atoms with Gasteiger partial charge >= 0.3 is 23.9 Å². The number of carbonyl (C=O) groups is 3. The van der Waals surface area contributed by atoms with Crippen molar-refractivity contribution in [3.8, 4) is 0 Å². The van der Waals surface area contributed by atoms with Crippen molar-refractivity contribution in [2.75, 3.05) is 38.5 Å². The third-order valence-corrected chi connectivity index (χ3v) is 3.89. The largest absolute Gasteiger partial charge is 0.458 e. The van der Waals surface area contributed by atoms with E-state index in [2.05, 4.69) is 26.3 Å². The molecule has 2 heterocycles. The second-order valence-corrected chi connectivity index (χ2v) is 6.20. The Balaban J connectivity index is 0.000000348. The van der Waals surface area contributed by atoms with Crippen molar-refractivity contribution in [3.63, 3.8) is 0 Å². The highest BCUT2D eigenvalue weighted by Gasteiger charge is 2.54. The number of hydrogen-bond donors (Lipinski definition) is 4. The Morgan fingerprint density at radius 1 is 1.13 bits per heavy atom. The Hall–Kier alpha value is -2.68. The molecule has 1 aromatic heterocycles. The lowest BCUT2D eigenvalue weighted by molar-refractivity contribution is -0.193. The first kappa shape index (κ1) is 26.4. The molecule has 1 aliphatic heterocycles. The Bertz CT molecular complexity index is 719. The first-order chi connectivity index (χ1) is 14.4. The number of nitrogens with zero attached hydrogens (tertiary/aromatic N) is 2. The second kappa shape index (κ2) is 11.6. The number of Topliss-reactive ketones (excluding diaryl/α,β-unsaturated/α-hetero) is 2. The number of carbonyl (C=O) groups excluding carboxylic acids is 3. The summed E-state index contributed by atoms with van der Waals surface area (Å²) in [5.74, 6) is -5.89. The van der Waals surface area contributed by atoms with Gasteiger partial charge in [-0.1, -0.05) is 0 Å². The topological polar surface area (TPSA) is 117 Å². The standard InChI is InChI=1S/C12H22N6O.C4F6O2/c1-13-12-17-6-8-18(12)7-2-3-16-11(19)10-9-14-4-5-15-10;5-3(6,7)1(11)2(12)4(8,9)10/h6,8,10,14-15H,2-5,7,9H2,1H3,(H,13,17)(H,16,19);/t10-;/m1./s1. The molecular formula is C16H22F6N6O3. The first-order valence-corrected chi connectivity index (χ1v) is 9.01. The lowest BCUT2D eigenvalue weighted by Gasteiger charge is -2.23. The molecule has 0 bridgehead atoms. The maximum Gasteiger partial charge on any atom is 0.458 e. The number of halogens is 6. The molecule has 1 saturated heterocycles. The van der Waals surface area contributed by atoms with Crippen molar-refractivity contribution in [1.29, 1.82) is 0 Å². The number of aryl methyl sites for hydroxylation is 1. The molecular weight excluding hydrogens is 438 g/mol. The molecule has 1 atom stereocenters. The van der Waals surface area contributed by atoms with Gasteiger partial charge in [0.2, 0.25) is 11.9 Å². The van der Waals surface area contributed by atoms with Gasteiger partial charge in [-0.2, -0.15) is 26.3 Å². The molecule has 0 saturated carbocycles. The first-order valence-electron chi connectivity index (χ1n) is 9.01. The number of amides is 1. The number of anilines is 1. The van der Waals surface area contributed by atoms with Crippen LogP contribution in [-0.2, 0) is 20.9 Å². The van der Waals surface area contributed by atoms with Crippen LogP contribution >= 0.6 is 0 Å². The molecule has 2 rings (SSSR count). The third kappa shape index (κ3) is 8.92. The zero-order chi connectivity index (χ0) is 23.7.